The minimum atomic E-state index is -0.201. The summed E-state index contributed by atoms with van der Waals surface area (Å²) in [5.74, 6) is 2.08. The second kappa shape index (κ2) is 4.86. The molecule has 3 heteroatoms. The lowest BCUT2D eigenvalue weighted by atomic mass is 9.48. The summed E-state index contributed by atoms with van der Waals surface area (Å²) in [6, 6.07) is 0. The Morgan fingerprint density at radius 1 is 1.00 bits per heavy atom. The van der Waals surface area contributed by atoms with Gasteiger partial charge in [0.25, 0.3) is 0 Å². The molecule has 1 heterocycles. The highest BCUT2D eigenvalue weighted by Gasteiger charge is 2.66. The molecule has 0 N–H and O–H groups in total. The van der Waals surface area contributed by atoms with E-state index < -0.39 is 0 Å². The Kier molecular flexibility index (Phi) is 3.08. The fourth-order valence-corrected chi connectivity index (χ4v) is 7.29. The maximum atomic E-state index is 11.9. The van der Waals surface area contributed by atoms with Crippen molar-refractivity contribution < 1.29 is 14.3 Å². The van der Waals surface area contributed by atoms with E-state index in [1.807, 2.05) is 6.08 Å². The first kappa shape index (κ1) is 15.8. The van der Waals surface area contributed by atoms with Crippen molar-refractivity contribution in [3.8, 4) is 0 Å². The summed E-state index contributed by atoms with van der Waals surface area (Å²) in [6.45, 7) is 4.78. The van der Waals surface area contributed by atoms with Gasteiger partial charge in [-0.3, -0.25) is 9.59 Å². The first-order chi connectivity index (χ1) is 11.9. The van der Waals surface area contributed by atoms with E-state index in [9.17, 15) is 9.59 Å². The molecule has 0 aromatic carbocycles. The molecule has 3 nitrogen and oxygen atoms in total. The topological polar surface area (TPSA) is 43.4 Å². The molecule has 1 spiro atoms. The number of hydrogen-bond donors (Lipinski definition) is 0. The van der Waals surface area contributed by atoms with Crippen molar-refractivity contribution in [3.05, 3.63) is 23.8 Å². The van der Waals surface area contributed by atoms with Gasteiger partial charge < -0.3 is 4.74 Å². The molecule has 4 aliphatic carbocycles. The van der Waals surface area contributed by atoms with E-state index in [1.165, 1.54) is 18.4 Å². The molecule has 3 fully saturated rings. The van der Waals surface area contributed by atoms with E-state index in [1.54, 1.807) is 0 Å². The number of esters is 1. The molecule has 0 radical (unpaired) electrons. The minimum absolute atomic E-state index is 0.00570. The number of allylic oxidation sites excluding steroid dienone is 4. The van der Waals surface area contributed by atoms with Crippen LogP contribution in [0.3, 0.4) is 0 Å². The van der Waals surface area contributed by atoms with Gasteiger partial charge in [0.15, 0.2) is 5.78 Å². The number of carbonyl (C=O) groups excluding carboxylic acids is 2. The van der Waals surface area contributed by atoms with Crippen LogP contribution >= 0.6 is 0 Å². The Bertz CT molecular complexity index is 719. The van der Waals surface area contributed by atoms with E-state index in [2.05, 4.69) is 26.0 Å². The fraction of sp³-hybridized carbons (Fsp3) is 0.727. The molecule has 134 valence electrons. The summed E-state index contributed by atoms with van der Waals surface area (Å²) in [5.41, 5.74) is 1.32. The summed E-state index contributed by atoms with van der Waals surface area (Å²) < 4.78 is 5.99. The summed E-state index contributed by atoms with van der Waals surface area (Å²) in [4.78, 5) is 23.8. The predicted octanol–water partition coefficient (Wildman–Crippen LogP) is 4.37. The molecule has 5 aliphatic rings. The van der Waals surface area contributed by atoms with Gasteiger partial charge in [-0.25, -0.2) is 0 Å². The van der Waals surface area contributed by atoms with Crippen molar-refractivity contribution in [3.63, 3.8) is 0 Å². The van der Waals surface area contributed by atoms with Crippen LogP contribution in [0.4, 0.5) is 0 Å². The largest absolute Gasteiger partial charge is 0.458 e. The van der Waals surface area contributed by atoms with Crippen LogP contribution in [-0.2, 0) is 14.3 Å². The van der Waals surface area contributed by atoms with Gasteiger partial charge in [-0.05, 0) is 73.3 Å². The first-order valence-electron chi connectivity index (χ1n) is 10.0. The number of carbonyl (C=O) groups is 2. The van der Waals surface area contributed by atoms with Crippen LogP contribution < -0.4 is 0 Å². The average Bonchev–Trinajstić information content (AvgIpc) is 3.10. The molecule has 25 heavy (non-hydrogen) atoms. The van der Waals surface area contributed by atoms with Gasteiger partial charge >= 0.3 is 5.97 Å². The standard InChI is InChI=1S/C22H28O3/c1-20-9-5-15(23)13-14(20)3-4-16-17(20)6-10-21(2)18(16)7-11-22(21)12-8-19(24)25-22/h3-4,13,16-18H,5-12H2,1-2H3/t16-,17-,18+,20-,21-,22+/m0/s1. The quantitative estimate of drug-likeness (QED) is 0.615. The van der Waals surface area contributed by atoms with E-state index in [-0.39, 0.29) is 28.2 Å². The van der Waals surface area contributed by atoms with Crippen LogP contribution in [0.25, 0.3) is 0 Å². The second-order valence-corrected chi connectivity index (χ2v) is 9.60. The molecule has 0 unspecified atom stereocenters. The van der Waals surface area contributed by atoms with E-state index in [0.717, 1.165) is 25.7 Å². The van der Waals surface area contributed by atoms with Gasteiger partial charge in [0.2, 0.25) is 0 Å². The smallest absolute Gasteiger partial charge is 0.306 e. The molecule has 0 amide bonds. The van der Waals surface area contributed by atoms with Crippen molar-refractivity contribution in [2.24, 2.45) is 28.6 Å². The molecule has 5 rings (SSSR count). The van der Waals surface area contributed by atoms with E-state index in [0.29, 0.717) is 30.6 Å². The lowest BCUT2D eigenvalue weighted by Crippen LogP contribution is -2.53. The number of hydrogen-bond acceptors (Lipinski definition) is 3. The predicted molar refractivity (Wildman–Crippen MR) is 94.7 cm³/mol. The lowest BCUT2D eigenvalue weighted by molar-refractivity contribution is -0.165. The fourth-order valence-electron chi connectivity index (χ4n) is 7.29. The molecule has 6 atom stereocenters. The van der Waals surface area contributed by atoms with Crippen LogP contribution in [0.1, 0.15) is 65.2 Å². The van der Waals surface area contributed by atoms with Crippen LogP contribution in [-0.4, -0.2) is 17.4 Å². The molecular formula is C22H28O3. The molecular weight excluding hydrogens is 312 g/mol. The Hall–Kier alpha value is -1.38. The van der Waals surface area contributed by atoms with Crippen molar-refractivity contribution in [1.29, 1.82) is 0 Å². The van der Waals surface area contributed by atoms with Crippen molar-refractivity contribution in [2.75, 3.05) is 0 Å². The third-order valence-corrected chi connectivity index (χ3v) is 8.85. The Balaban J connectivity index is 1.53. The molecule has 1 aliphatic heterocycles. The zero-order valence-electron chi connectivity index (χ0n) is 15.3. The summed E-state index contributed by atoms with van der Waals surface area (Å²) >= 11 is 0. The van der Waals surface area contributed by atoms with Crippen molar-refractivity contribution in [2.45, 2.75) is 70.8 Å². The number of ether oxygens (including phenoxy) is 1. The highest BCUT2D eigenvalue weighted by molar-refractivity contribution is 5.92. The minimum Gasteiger partial charge on any atom is -0.458 e. The van der Waals surface area contributed by atoms with Crippen molar-refractivity contribution in [1.82, 2.24) is 0 Å². The Morgan fingerprint density at radius 3 is 2.56 bits per heavy atom. The summed E-state index contributed by atoms with van der Waals surface area (Å²) in [5, 5.41) is 0. The zero-order chi connectivity index (χ0) is 17.4. The van der Waals surface area contributed by atoms with Crippen LogP contribution in [0, 0.1) is 28.6 Å². The van der Waals surface area contributed by atoms with Crippen LogP contribution in [0.2, 0.25) is 0 Å². The molecule has 0 aromatic rings. The van der Waals surface area contributed by atoms with E-state index >= 15 is 0 Å². The third-order valence-electron chi connectivity index (χ3n) is 8.85. The number of ketones is 1. The second-order valence-electron chi connectivity index (χ2n) is 9.60. The Morgan fingerprint density at radius 2 is 1.80 bits per heavy atom. The lowest BCUT2D eigenvalue weighted by Gasteiger charge is -2.57. The van der Waals surface area contributed by atoms with Crippen LogP contribution in [0.15, 0.2) is 23.8 Å². The van der Waals surface area contributed by atoms with Gasteiger partial charge in [0.05, 0.1) is 0 Å². The highest BCUT2D eigenvalue weighted by atomic mass is 16.6. The summed E-state index contributed by atoms with van der Waals surface area (Å²) in [6.07, 6.45) is 14.3. The Labute approximate surface area is 149 Å². The average molecular weight is 340 g/mol. The van der Waals surface area contributed by atoms with Gasteiger partial charge in [0.1, 0.15) is 5.60 Å². The number of fused-ring (bicyclic) bond motifs is 6. The monoisotopic (exact) mass is 340 g/mol. The molecule has 2 saturated carbocycles. The van der Waals surface area contributed by atoms with Crippen LogP contribution in [0.5, 0.6) is 0 Å². The first-order valence-corrected chi connectivity index (χ1v) is 10.0. The van der Waals surface area contributed by atoms with Crippen molar-refractivity contribution >= 4 is 11.8 Å². The molecule has 0 bridgehead atoms. The summed E-state index contributed by atoms with van der Waals surface area (Å²) in [7, 11) is 0. The highest BCUT2D eigenvalue weighted by Crippen LogP contribution is 2.68. The number of rotatable bonds is 0. The maximum absolute atomic E-state index is 11.9. The zero-order valence-corrected chi connectivity index (χ0v) is 15.3. The van der Waals surface area contributed by atoms with Gasteiger partial charge in [-0.1, -0.05) is 26.0 Å². The SMILES string of the molecule is C[C@]12CCC(=O)C=C1C=C[C@@H]1[C@H]3CC[C@@]4(CCC(=O)O4)[C@@]3(C)CC[C@@H]12. The maximum Gasteiger partial charge on any atom is 0.306 e. The van der Waals surface area contributed by atoms with Gasteiger partial charge in [0, 0.05) is 18.3 Å². The molecule has 0 aromatic heterocycles. The van der Waals surface area contributed by atoms with E-state index in [4.69, 9.17) is 4.74 Å². The normalized spacial score (nSPS) is 51.0. The van der Waals surface area contributed by atoms with Gasteiger partial charge in [-0.15, -0.1) is 0 Å². The third kappa shape index (κ3) is 1.88. The molecule has 1 saturated heterocycles. The van der Waals surface area contributed by atoms with Gasteiger partial charge in [-0.2, -0.15) is 0 Å².